The van der Waals surface area contributed by atoms with Crippen molar-refractivity contribution in [2.45, 2.75) is 0 Å². The van der Waals surface area contributed by atoms with E-state index in [1.54, 1.807) is 12.1 Å². The van der Waals surface area contributed by atoms with Gasteiger partial charge in [0.25, 0.3) is 0 Å². The number of nitrogens with one attached hydrogen (secondary N) is 1. The molecule has 0 unspecified atom stereocenters. The van der Waals surface area contributed by atoms with Crippen LogP contribution >= 0.6 is 0 Å². The summed E-state index contributed by atoms with van der Waals surface area (Å²) in [5.41, 5.74) is 1.21. The third-order valence-electron chi connectivity index (χ3n) is 3.37. The highest BCUT2D eigenvalue weighted by atomic mass is 19.1. The number of anilines is 1. The van der Waals surface area contributed by atoms with Crippen molar-refractivity contribution >= 4 is 5.69 Å². The van der Waals surface area contributed by atoms with E-state index in [-0.39, 0.29) is 5.82 Å². The van der Waals surface area contributed by atoms with Crippen LogP contribution in [0.1, 0.15) is 0 Å². The van der Waals surface area contributed by atoms with Gasteiger partial charge in [0.2, 0.25) is 0 Å². The van der Waals surface area contributed by atoms with Crippen molar-refractivity contribution in [1.82, 2.24) is 5.32 Å². The Morgan fingerprint density at radius 1 is 0.850 bits per heavy atom. The fourth-order valence-corrected chi connectivity index (χ4v) is 2.29. The molecule has 1 saturated heterocycles. The molecule has 4 heteroatoms. The van der Waals surface area contributed by atoms with Crippen LogP contribution in [-0.2, 0) is 0 Å². The molecule has 2 aromatic rings. The molecule has 104 valence electrons. The standard InChI is InChI=1S/C16H17FN2O/c17-13-1-5-15(6-2-13)20-16-7-3-14(4-8-16)19-11-9-18-10-12-19/h1-8,18H,9-12H2. The van der Waals surface area contributed by atoms with Crippen LogP contribution in [0.2, 0.25) is 0 Å². The molecule has 3 rings (SSSR count). The van der Waals surface area contributed by atoms with Crippen LogP contribution in [0, 0.1) is 5.82 Å². The molecule has 1 fully saturated rings. The number of nitrogens with zero attached hydrogens (tertiary/aromatic N) is 1. The first-order chi connectivity index (χ1) is 9.81. The first-order valence-corrected chi connectivity index (χ1v) is 6.80. The molecule has 0 amide bonds. The highest BCUT2D eigenvalue weighted by molar-refractivity contribution is 5.50. The summed E-state index contributed by atoms with van der Waals surface area (Å²) in [7, 11) is 0. The third-order valence-corrected chi connectivity index (χ3v) is 3.37. The second-order valence-corrected chi connectivity index (χ2v) is 4.79. The molecule has 1 aliphatic rings. The number of rotatable bonds is 3. The smallest absolute Gasteiger partial charge is 0.127 e. The zero-order valence-electron chi connectivity index (χ0n) is 11.2. The Labute approximate surface area is 118 Å². The summed E-state index contributed by atoms with van der Waals surface area (Å²) in [6.07, 6.45) is 0. The van der Waals surface area contributed by atoms with Crippen LogP contribution < -0.4 is 15.0 Å². The van der Waals surface area contributed by atoms with E-state index in [2.05, 4.69) is 22.3 Å². The van der Waals surface area contributed by atoms with Crippen molar-refractivity contribution in [2.24, 2.45) is 0 Å². The van der Waals surface area contributed by atoms with Gasteiger partial charge in [-0.1, -0.05) is 0 Å². The molecule has 0 saturated carbocycles. The van der Waals surface area contributed by atoms with Crippen molar-refractivity contribution in [2.75, 3.05) is 31.1 Å². The molecular weight excluding hydrogens is 255 g/mol. The number of hydrogen-bond acceptors (Lipinski definition) is 3. The van der Waals surface area contributed by atoms with Gasteiger partial charge >= 0.3 is 0 Å². The van der Waals surface area contributed by atoms with Crippen LogP contribution in [-0.4, -0.2) is 26.2 Å². The molecule has 0 aliphatic carbocycles. The predicted molar refractivity (Wildman–Crippen MR) is 78.0 cm³/mol. The van der Waals surface area contributed by atoms with E-state index < -0.39 is 0 Å². The first kappa shape index (κ1) is 12.9. The molecule has 1 N–H and O–H groups in total. The minimum absolute atomic E-state index is 0.258. The molecule has 0 spiro atoms. The first-order valence-electron chi connectivity index (χ1n) is 6.80. The molecule has 20 heavy (non-hydrogen) atoms. The van der Waals surface area contributed by atoms with Crippen LogP contribution in [0.25, 0.3) is 0 Å². The van der Waals surface area contributed by atoms with E-state index in [1.807, 2.05) is 12.1 Å². The SMILES string of the molecule is Fc1ccc(Oc2ccc(N3CCNCC3)cc2)cc1. The minimum atomic E-state index is -0.258. The molecule has 0 radical (unpaired) electrons. The Hall–Kier alpha value is -2.07. The van der Waals surface area contributed by atoms with Gasteiger partial charge in [-0.05, 0) is 48.5 Å². The number of halogens is 1. The Kier molecular flexibility index (Phi) is 3.83. The van der Waals surface area contributed by atoms with E-state index in [4.69, 9.17) is 4.74 Å². The van der Waals surface area contributed by atoms with E-state index in [9.17, 15) is 4.39 Å². The Balaban J connectivity index is 1.67. The summed E-state index contributed by atoms with van der Waals surface area (Å²) in [6, 6.07) is 14.0. The number of hydrogen-bond donors (Lipinski definition) is 1. The molecule has 0 atom stereocenters. The summed E-state index contributed by atoms with van der Waals surface area (Å²) >= 11 is 0. The minimum Gasteiger partial charge on any atom is -0.457 e. The largest absolute Gasteiger partial charge is 0.457 e. The van der Waals surface area contributed by atoms with Gasteiger partial charge in [0, 0.05) is 31.9 Å². The van der Waals surface area contributed by atoms with Gasteiger partial charge in [0.15, 0.2) is 0 Å². The van der Waals surface area contributed by atoms with E-state index in [0.29, 0.717) is 5.75 Å². The van der Waals surface area contributed by atoms with Gasteiger partial charge in [-0.2, -0.15) is 0 Å². The second kappa shape index (κ2) is 5.92. The van der Waals surface area contributed by atoms with Crippen LogP contribution in [0.15, 0.2) is 48.5 Å². The van der Waals surface area contributed by atoms with Crippen molar-refractivity contribution in [3.05, 3.63) is 54.3 Å². The van der Waals surface area contributed by atoms with Gasteiger partial charge < -0.3 is 15.0 Å². The normalized spacial score (nSPS) is 15.2. The fraction of sp³-hybridized carbons (Fsp3) is 0.250. The Bertz CT molecular complexity index is 548. The third kappa shape index (κ3) is 3.08. The van der Waals surface area contributed by atoms with E-state index in [1.165, 1.54) is 17.8 Å². The molecule has 2 aromatic carbocycles. The van der Waals surface area contributed by atoms with Crippen LogP contribution in [0.5, 0.6) is 11.5 Å². The molecular formula is C16H17FN2O. The summed E-state index contributed by atoms with van der Waals surface area (Å²) in [5.74, 6) is 1.14. The highest BCUT2D eigenvalue weighted by Crippen LogP contribution is 2.24. The lowest BCUT2D eigenvalue weighted by Crippen LogP contribution is -2.43. The van der Waals surface area contributed by atoms with Gasteiger partial charge in [-0.15, -0.1) is 0 Å². The van der Waals surface area contributed by atoms with E-state index in [0.717, 1.165) is 31.9 Å². The maximum absolute atomic E-state index is 12.8. The van der Waals surface area contributed by atoms with Crippen molar-refractivity contribution in [3.63, 3.8) is 0 Å². The van der Waals surface area contributed by atoms with Gasteiger partial charge in [0.05, 0.1) is 0 Å². The van der Waals surface area contributed by atoms with E-state index >= 15 is 0 Å². The van der Waals surface area contributed by atoms with Gasteiger partial charge in [-0.3, -0.25) is 0 Å². The molecule has 0 bridgehead atoms. The zero-order chi connectivity index (χ0) is 13.8. The molecule has 1 aliphatic heterocycles. The Morgan fingerprint density at radius 2 is 1.40 bits per heavy atom. The lowest BCUT2D eigenvalue weighted by molar-refractivity contribution is 0.480. The summed E-state index contributed by atoms with van der Waals surface area (Å²) in [6.45, 7) is 4.10. The molecule has 1 heterocycles. The number of benzene rings is 2. The maximum atomic E-state index is 12.8. The lowest BCUT2D eigenvalue weighted by atomic mass is 10.2. The number of piperazine rings is 1. The van der Waals surface area contributed by atoms with Crippen molar-refractivity contribution < 1.29 is 9.13 Å². The average Bonchev–Trinajstić information content (AvgIpc) is 2.51. The van der Waals surface area contributed by atoms with Crippen molar-refractivity contribution in [3.8, 4) is 11.5 Å². The van der Waals surface area contributed by atoms with Gasteiger partial charge in [-0.25, -0.2) is 4.39 Å². The predicted octanol–water partition coefficient (Wildman–Crippen LogP) is 3.03. The number of ether oxygens (including phenoxy) is 1. The second-order valence-electron chi connectivity index (χ2n) is 4.79. The van der Waals surface area contributed by atoms with Crippen LogP contribution in [0.4, 0.5) is 10.1 Å². The quantitative estimate of drug-likeness (QED) is 0.929. The summed E-state index contributed by atoms with van der Waals surface area (Å²) < 4.78 is 18.5. The fourth-order valence-electron chi connectivity index (χ4n) is 2.29. The topological polar surface area (TPSA) is 24.5 Å². The highest BCUT2D eigenvalue weighted by Gasteiger charge is 2.10. The molecule has 0 aromatic heterocycles. The van der Waals surface area contributed by atoms with Crippen molar-refractivity contribution in [1.29, 1.82) is 0 Å². The maximum Gasteiger partial charge on any atom is 0.127 e. The zero-order valence-corrected chi connectivity index (χ0v) is 11.2. The lowest BCUT2D eigenvalue weighted by Gasteiger charge is -2.29. The van der Waals surface area contributed by atoms with Gasteiger partial charge in [0.1, 0.15) is 17.3 Å². The van der Waals surface area contributed by atoms with Crippen LogP contribution in [0.3, 0.4) is 0 Å². The molecule has 3 nitrogen and oxygen atoms in total. The monoisotopic (exact) mass is 272 g/mol. The summed E-state index contributed by atoms with van der Waals surface area (Å²) in [4.78, 5) is 2.35. The Morgan fingerprint density at radius 3 is 2.00 bits per heavy atom. The average molecular weight is 272 g/mol. The summed E-state index contributed by atoms with van der Waals surface area (Å²) in [5, 5.41) is 3.34.